The monoisotopic (exact) mass is 576 g/mol. The van der Waals surface area contributed by atoms with E-state index in [9.17, 15) is 24.3 Å². The van der Waals surface area contributed by atoms with Gasteiger partial charge in [-0.05, 0) is 68.2 Å². The molecule has 1 aromatic carbocycles. The summed E-state index contributed by atoms with van der Waals surface area (Å²) in [5, 5.41) is 11.5. The predicted octanol–water partition coefficient (Wildman–Crippen LogP) is 4.69. The number of allylic oxidation sites excluding steroid dienone is 2. The summed E-state index contributed by atoms with van der Waals surface area (Å²) in [7, 11) is 0. The maximum Gasteiger partial charge on any atom is 0.326 e. The lowest BCUT2D eigenvalue weighted by Crippen LogP contribution is -2.46. The number of fused-ring (bicyclic) bond motifs is 5. The molecule has 6 rings (SSSR count). The number of carboxylic acid groups (broad SMARTS) is 1. The molecule has 0 unspecified atom stereocenters. The molecule has 9 heteroatoms. The molecule has 0 radical (unpaired) electrons. The number of hydrogen-bond donors (Lipinski definition) is 1. The molecule has 1 aromatic heterocycles. The summed E-state index contributed by atoms with van der Waals surface area (Å²) in [5.74, 6) is -1.74. The Labute approximate surface area is 245 Å². The fourth-order valence-corrected chi connectivity index (χ4v) is 7.56. The largest absolute Gasteiger partial charge is 0.480 e. The van der Waals surface area contributed by atoms with Crippen LogP contribution in [0.5, 0.6) is 5.88 Å². The lowest BCUT2D eigenvalue weighted by molar-refractivity contribution is -0.157. The summed E-state index contributed by atoms with van der Waals surface area (Å²) in [6, 6.07) is 8.13. The quantitative estimate of drug-likeness (QED) is 0.407. The molecule has 3 fully saturated rings. The number of hydrogen-bond acceptors (Lipinski definition) is 6. The molecule has 2 aliphatic heterocycles. The number of pyridine rings is 1. The van der Waals surface area contributed by atoms with E-state index in [1.165, 1.54) is 4.90 Å². The number of carboxylic acids is 1. The molecular weight excluding hydrogens is 536 g/mol. The van der Waals surface area contributed by atoms with Gasteiger partial charge in [0.2, 0.25) is 5.91 Å². The van der Waals surface area contributed by atoms with Crippen LogP contribution in [0.2, 0.25) is 0 Å². The van der Waals surface area contributed by atoms with Crippen molar-refractivity contribution in [3.05, 3.63) is 52.8 Å². The van der Waals surface area contributed by atoms with Gasteiger partial charge in [-0.15, -0.1) is 0 Å². The first-order chi connectivity index (χ1) is 20.4. The molecule has 1 saturated heterocycles. The van der Waals surface area contributed by atoms with E-state index in [2.05, 4.69) is 12.2 Å². The summed E-state index contributed by atoms with van der Waals surface area (Å²) in [4.78, 5) is 54.7. The van der Waals surface area contributed by atoms with E-state index in [1.807, 2.05) is 24.3 Å². The maximum atomic E-state index is 14.1. The van der Waals surface area contributed by atoms with E-state index in [1.54, 1.807) is 10.6 Å². The molecule has 9 nitrogen and oxygen atoms in total. The van der Waals surface area contributed by atoms with Gasteiger partial charge in [0.25, 0.3) is 5.56 Å². The Morgan fingerprint density at radius 1 is 0.929 bits per heavy atom. The van der Waals surface area contributed by atoms with Crippen LogP contribution in [0.25, 0.3) is 10.8 Å². The van der Waals surface area contributed by atoms with Crippen LogP contribution < -0.4 is 10.3 Å². The molecule has 2 aromatic rings. The van der Waals surface area contributed by atoms with Gasteiger partial charge in [-0.3, -0.25) is 19.0 Å². The van der Waals surface area contributed by atoms with E-state index >= 15 is 0 Å². The van der Waals surface area contributed by atoms with Crippen LogP contribution in [-0.4, -0.2) is 57.2 Å². The highest BCUT2D eigenvalue weighted by atomic mass is 16.5. The number of nitrogens with zero attached hydrogens (tertiary/aromatic N) is 2. The topological polar surface area (TPSA) is 115 Å². The zero-order chi connectivity index (χ0) is 29.2. The summed E-state index contributed by atoms with van der Waals surface area (Å²) in [5.41, 5.74) is -0.157. The second kappa shape index (κ2) is 12.3. The molecule has 224 valence electrons. The lowest BCUT2D eigenvalue weighted by atomic mass is 9.86. The van der Waals surface area contributed by atoms with Crippen LogP contribution in [0, 0.1) is 17.8 Å². The smallest absolute Gasteiger partial charge is 0.326 e. The van der Waals surface area contributed by atoms with Gasteiger partial charge in [-0.25, -0.2) is 4.79 Å². The van der Waals surface area contributed by atoms with Crippen molar-refractivity contribution in [2.24, 2.45) is 17.8 Å². The molecule has 2 bridgehead atoms. The maximum absolute atomic E-state index is 14.1. The summed E-state index contributed by atoms with van der Waals surface area (Å²) >= 11 is 0. The van der Waals surface area contributed by atoms with Crippen LogP contribution in [-0.2, 0) is 25.7 Å². The molecule has 42 heavy (non-hydrogen) atoms. The summed E-state index contributed by atoms with van der Waals surface area (Å²) < 4.78 is 14.0. The summed E-state index contributed by atoms with van der Waals surface area (Å²) in [6.45, 7) is 0.486. The van der Waals surface area contributed by atoms with Crippen LogP contribution in [0.1, 0.15) is 70.6 Å². The molecular formula is C33H40N2O7. The minimum atomic E-state index is -1.09. The second-order valence-electron chi connectivity index (χ2n) is 12.4. The number of ether oxygens (including phenoxy) is 2. The van der Waals surface area contributed by atoms with Crippen molar-refractivity contribution < 1.29 is 29.0 Å². The van der Waals surface area contributed by atoms with Gasteiger partial charge in [-0.2, -0.15) is 0 Å². The van der Waals surface area contributed by atoms with Crippen LogP contribution in [0.15, 0.2) is 47.3 Å². The van der Waals surface area contributed by atoms with Crippen molar-refractivity contribution in [3.8, 4) is 5.88 Å². The van der Waals surface area contributed by atoms with Gasteiger partial charge < -0.3 is 19.5 Å². The molecule has 4 aliphatic rings. The third-order valence-corrected chi connectivity index (χ3v) is 9.77. The third-order valence-electron chi connectivity index (χ3n) is 9.77. The number of carbonyl (C=O) groups is 3. The number of carbonyl (C=O) groups excluding carboxylic acids is 2. The highest BCUT2D eigenvalue weighted by Gasteiger charge is 2.46. The third kappa shape index (κ3) is 5.83. The van der Waals surface area contributed by atoms with Gasteiger partial charge in [-0.1, -0.05) is 43.2 Å². The summed E-state index contributed by atoms with van der Waals surface area (Å²) in [6.07, 6.45) is 11.3. The number of rotatable bonds is 2. The van der Waals surface area contributed by atoms with Gasteiger partial charge in [0.1, 0.15) is 18.2 Å². The Bertz CT molecular complexity index is 1430. The van der Waals surface area contributed by atoms with E-state index in [0.29, 0.717) is 24.2 Å². The SMILES string of the molecule is O=C1C[C@@H](C2CCCC2)C(=O)N2C[C@@H](C[C@H]2C(=O)O)Oc2cc3ccccc3c(=O)n2CC/C=C/C[C@@H]2CCC[C@H]2O1. The molecule has 1 N–H and O–H groups in total. The Balaban J connectivity index is 1.36. The van der Waals surface area contributed by atoms with E-state index in [-0.39, 0.29) is 54.8 Å². The van der Waals surface area contributed by atoms with Crippen molar-refractivity contribution in [1.82, 2.24) is 9.47 Å². The Hall–Kier alpha value is -3.62. The van der Waals surface area contributed by atoms with Gasteiger partial charge in [0.05, 0.1) is 18.9 Å². The predicted molar refractivity (Wildman–Crippen MR) is 156 cm³/mol. The normalized spacial score (nSPS) is 30.2. The fourth-order valence-electron chi connectivity index (χ4n) is 7.56. The molecule has 3 heterocycles. The van der Waals surface area contributed by atoms with Crippen LogP contribution in [0.3, 0.4) is 0 Å². The molecule has 2 saturated carbocycles. The average molecular weight is 577 g/mol. The van der Waals surface area contributed by atoms with E-state index < -0.39 is 24.0 Å². The lowest BCUT2D eigenvalue weighted by Gasteiger charge is -2.30. The minimum absolute atomic E-state index is 0.0260. The van der Waals surface area contributed by atoms with Gasteiger partial charge >= 0.3 is 11.9 Å². The first-order valence-electron chi connectivity index (χ1n) is 15.6. The highest BCUT2D eigenvalue weighted by Crippen LogP contribution is 2.38. The van der Waals surface area contributed by atoms with Crippen LogP contribution >= 0.6 is 0 Å². The van der Waals surface area contributed by atoms with Crippen molar-refractivity contribution in [2.75, 3.05) is 6.54 Å². The Morgan fingerprint density at radius 2 is 1.71 bits per heavy atom. The zero-order valence-corrected chi connectivity index (χ0v) is 24.0. The molecule has 5 atom stereocenters. The van der Waals surface area contributed by atoms with Crippen molar-refractivity contribution in [3.63, 3.8) is 0 Å². The number of aromatic nitrogens is 1. The molecule has 2 aliphatic carbocycles. The number of esters is 1. The van der Waals surface area contributed by atoms with E-state index in [4.69, 9.17) is 9.47 Å². The fraction of sp³-hybridized carbons (Fsp3) is 0.576. The molecule has 0 spiro atoms. The second-order valence-corrected chi connectivity index (χ2v) is 12.4. The number of amides is 1. The number of benzene rings is 1. The van der Waals surface area contributed by atoms with E-state index in [0.717, 1.165) is 56.8 Å². The molecule has 1 amide bonds. The highest BCUT2D eigenvalue weighted by molar-refractivity contribution is 5.88. The number of aliphatic carboxylic acids is 1. The van der Waals surface area contributed by atoms with Gasteiger partial charge in [0, 0.05) is 24.4 Å². The van der Waals surface area contributed by atoms with Crippen molar-refractivity contribution in [2.45, 2.75) is 95.4 Å². The standard InChI is InChI=1S/C33H40N2O7/c36-30-19-26(21-9-3-4-10-21)32(38)35-20-24(18-27(35)33(39)40)41-29-17-23-12-5-6-14-25(23)31(37)34(29)16-7-1-2-11-22-13-8-15-28(22)42-30/h1-2,5-6,12,14,17,21-22,24,26-28H,3-4,7-11,13,15-16,18-20H2,(H,39,40)/b2-1+/t22-,24-,26+,27+,28-/m1/s1. The van der Waals surface area contributed by atoms with Gasteiger partial charge in [0.15, 0.2) is 5.88 Å². The van der Waals surface area contributed by atoms with Crippen molar-refractivity contribution >= 4 is 28.6 Å². The zero-order valence-electron chi connectivity index (χ0n) is 24.0. The first kappa shape index (κ1) is 28.5. The Morgan fingerprint density at radius 3 is 2.52 bits per heavy atom. The average Bonchev–Trinajstić information content (AvgIpc) is 3.74. The first-order valence-corrected chi connectivity index (χ1v) is 15.6. The van der Waals surface area contributed by atoms with Crippen molar-refractivity contribution in [1.29, 1.82) is 0 Å². The van der Waals surface area contributed by atoms with Crippen LogP contribution in [0.4, 0.5) is 0 Å². The minimum Gasteiger partial charge on any atom is -0.480 e. The Kier molecular flexibility index (Phi) is 8.36.